The SMILES string of the molecule is C=CC1=C(N)C(N)(N)C(N)(N)C(N)(C(N)=O)C1(N)N. The van der Waals surface area contributed by atoms with Crippen LogP contribution >= 0.6 is 0 Å². The second kappa shape index (κ2) is 3.74. The normalized spacial score (nSPS) is 31.9. The van der Waals surface area contributed by atoms with Gasteiger partial charge in [-0.15, -0.1) is 0 Å². The fraction of sp³-hybridized carbons (Fsp3) is 0.444. The molecule has 0 aliphatic heterocycles. The van der Waals surface area contributed by atoms with Crippen LogP contribution in [0.15, 0.2) is 23.9 Å². The second-order valence-corrected chi connectivity index (χ2v) is 4.81. The van der Waals surface area contributed by atoms with Crippen LogP contribution in [-0.4, -0.2) is 28.4 Å². The van der Waals surface area contributed by atoms with Gasteiger partial charge in [0.2, 0.25) is 5.91 Å². The van der Waals surface area contributed by atoms with E-state index in [9.17, 15) is 4.79 Å². The monoisotopic (exact) mass is 271 g/mol. The Labute approximate surface area is 109 Å². The number of nitrogens with two attached hydrogens (primary N) is 9. The van der Waals surface area contributed by atoms with Gasteiger partial charge in [0.15, 0.2) is 5.54 Å². The molecule has 0 fully saturated rings. The highest BCUT2D eigenvalue weighted by Crippen LogP contribution is 2.39. The Morgan fingerprint density at radius 3 is 1.74 bits per heavy atom. The van der Waals surface area contributed by atoms with Crippen LogP contribution in [0.3, 0.4) is 0 Å². The molecular formula is C9H21N9O. The maximum Gasteiger partial charge on any atom is 0.244 e. The minimum absolute atomic E-state index is 0.0506. The third-order valence-corrected chi connectivity index (χ3v) is 3.76. The average molecular weight is 271 g/mol. The van der Waals surface area contributed by atoms with Crippen molar-refractivity contribution in [1.82, 2.24) is 0 Å². The van der Waals surface area contributed by atoms with Crippen LogP contribution in [0.2, 0.25) is 0 Å². The van der Waals surface area contributed by atoms with Crippen LogP contribution in [-0.2, 0) is 4.79 Å². The van der Waals surface area contributed by atoms with Gasteiger partial charge in [-0.05, 0) is 0 Å². The molecule has 1 rings (SSSR count). The van der Waals surface area contributed by atoms with Gasteiger partial charge in [0, 0.05) is 5.57 Å². The van der Waals surface area contributed by atoms with Crippen LogP contribution in [0.1, 0.15) is 0 Å². The molecule has 10 heteroatoms. The second-order valence-electron chi connectivity index (χ2n) is 4.81. The summed E-state index contributed by atoms with van der Waals surface area (Å²) in [5.41, 5.74) is 42.8. The van der Waals surface area contributed by atoms with Crippen molar-refractivity contribution in [2.75, 3.05) is 0 Å². The number of hydrogen-bond donors (Lipinski definition) is 9. The minimum Gasteiger partial charge on any atom is -0.399 e. The number of primary amides is 1. The fourth-order valence-corrected chi connectivity index (χ4v) is 2.24. The number of hydrogen-bond acceptors (Lipinski definition) is 9. The standard InChI is InChI=1S/C9H21N9O/c1-2-3-4(10)8(15,16)9(17,18)6(12,5(11)19)7(3,13)14/h2H,1,10,12-18H2,(H2,11,19). The van der Waals surface area contributed by atoms with Crippen molar-refractivity contribution in [1.29, 1.82) is 0 Å². The first-order valence-corrected chi connectivity index (χ1v) is 5.25. The average Bonchev–Trinajstić information content (AvgIpc) is 2.25. The van der Waals surface area contributed by atoms with E-state index in [0.717, 1.165) is 0 Å². The quantitative estimate of drug-likeness (QED) is 0.216. The lowest BCUT2D eigenvalue weighted by atomic mass is 9.60. The molecule has 0 aromatic heterocycles. The Kier molecular flexibility index (Phi) is 3.06. The van der Waals surface area contributed by atoms with Gasteiger partial charge in [-0.3, -0.25) is 4.79 Å². The van der Waals surface area contributed by atoms with E-state index in [1.807, 2.05) is 0 Å². The molecule has 1 aliphatic carbocycles. The zero-order valence-electron chi connectivity index (χ0n) is 10.4. The smallest absolute Gasteiger partial charge is 0.244 e. The van der Waals surface area contributed by atoms with E-state index >= 15 is 0 Å². The number of rotatable bonds is 2. The summed E-state index contributed by atoms with van der Waals surface area (Å²) in [6, 6.07) is 0. The van der Waals surface area contributed by atoms with E-state index in [4.69, 9.17) is 51.6 Å². The highest BCUT2D eigenvalue weighted by Gasteiger charge is 2.70. The summed E-state index contributed by atoms with van der Waals surface area (Å²) >= 11 is 0. The molecule has 1 aliphatic rings. The van der Waals surface area contributed by atoms with E-state index in [2.05, 4.69) is 6.58 Å². The lowest BCUT2D eigenvalue weighted by molar-refractivity contribution is -0.130. The third kappa shape index (κ3) is 1.41. The Morgan fingerprint density at radius 1 is 1.00 bits per heavy atom. The molecule has 1 atom stereocenters. The van der Waals surface area contributed by atoms with Gasteiger partial charge in [-0.25, -0.2) is 0 Å². The third-order valence-electron chi connectivity index (χ3n) is 3.76. The van der Waals surface area contributed by atoms with Gasteiger partial charge in [-0.1, -0.05) is 12.7 Å². The predicted octanol–water partition coefficient (Wildman–Crippen LogP) is -5.58. The van der Waals surface area contributed by atoms with E-state index < -0.39 is 28.4 Å². The van der Waals surface area contributed by atoms with Gasteiger partial charge in [0.1, 0.15) is 17.0 Å². The molecule has 10 nitrogen and oxygen atoms in total. The first-order valence-electron chi connectivity index (χ1n) is 5.25. The summed E-state index contributed by atoms with van der Waals surface area (Å²) in [6.45, 7) is 3.47. The van der Waals surface area contributed by atoms with Gasteiger partial charge < -0.3 is 51.6 Å². The molecule has 18 N–H and O–H groups in total. The zero-order valence-corrected chi connectivity index (χ0v) is 10.4. The molecule has 0 bridgehead atoms. The molecule has 0 radical (unpaired) electrons. The maximum absolute atomic E-state index is 11.7. The molecule has 1 unspecified atom stereocenters. The molecule has 0 spiro atoms. The highest BCUT2D eigenvalue weighted by atomic mass is 16.1. The number of carbonyl (C=O) groups is 1. The van der Waals surface area contributed by atoms with Crippen LogP contribution in [0.4, 0.5) is 0 Å². The summed E-state index contributed by atoms with van der Waals surface area (Å²) in [7, 11) is 0. The van der Waals surface area contributed by atoms with Crippen LogP contribution in [0.25, 0.3) is 0 Å². The lowest BCUT2D eigenvalue weighted by Crippen LogP contribution is -2.99. The lowest BCUT2D eigenvalue weighted by Gasteiger charge is -2.59. The maximum atomic E-state index is 11.7. The largest absolute Gasteiger partial charge is 0.399 e. The summed E-state index contributed by atoms with van der Waals surface area (Å²) < 4.78 is 0. The van der Waals surface area contributed by atoms with Crippen molar-refractivity contribution in [2.45, 2.75) is 22.5 Å². The van der Waals surface area contributed by atoms with Crippen LogP contribution in [0.5, 0.6) is 0 Å². The van der Waals surface area contributed by atoms with Crippen molar-refractivity contribution in [3.05, 3.63) is 23.9 Å². The van der Waals surface area contributed by atoms with Crippen molar-refractivity contribution < 1.29 is 4.79 Å². The first kappa shape index (κ1) is 15.5. The van der Waals surface area contributed by atoms with Crippen molar-refractivity contribution in [3.63, 3.8) is 0 Å². The zero-order chi connectivity index (χ0) is 15.4. The highest BCUT2D eigenvalue weighted by molar-refractivity contribution is 5.90. The Morgan fingerprint density at radius 2 is 1.42 bits per heavy atom. The van der Waals surface area contributed by atoms with Gasteiger partial charge in [0.05, 0.1) is 5.70 Å². The van der Waals surface area contributed by atoms with Crippen molar-refractivity contribution >= 4 is 5.91 Å². The van der Waals surface area contributed by atoms with E-state index in [1.54, 1.807) is 0 Å². The number of amides is 1. The molecule has 0 heterocycles. The fourth-order valence-electron chi connectivity index (χ4n) is 2.24. The van der Waals surface area contributed by atoms with E-state index in [-0.39, 0.29) is 11.3 Å². The molecule has 0 aromatic carbocycles. The van der Waals surface area contributed by atoms with E-state index in [0.29, 0.717) is 0 Å². The molecular weight excluding hydrogens is 250 g/mol. The van der Waals surface area contributed by atoms with Gasteiger partial charge >= 0.3 is 0 Å². The van der Waals surface area contributed by atoms with Crippen LogP contribution < -0.4 is 51.6 Å². The van der Waals surface area contributed by atoms with E-state index in [1.165, 1.54) is 6.08 Å². The minimum atomic E-state index is -2.35. The summed E-state index contributed by atoms with van der Waals surface area (Å²) in [5, 5.41) is 0. The molecule has 19 heavy (non-hydrogen) atoms. The summed E-state index contributed by atoms with van der Waals surface area (Å²) in [6.07, 6.45) is 1.17. The van der Waals surface area contributed by atoms with Crippen molar-refractivity contribution in [3.8, 4) is 0 Å². The number of carbonyl (C=O) groups excluding carboxylic acids is 1. The van der Waals surface area contributed by atoms with Gasteiger partial charge in [0.25, 0.3) is 0 Å². The molecule has 0 aromatic rings. The Balaban J connectivity index is 3.89. The van der Waals surface area contributed by atoms with Crippen LogP contribution in [0, 0.1) is 0 Å². The predicted molar refractivity (Wildman–Crippen MR) is 70.8 cm³/mol. The summed E-state index contributed by atoms with van der Waals surface area (Å²) in [4.78, 5) is 11.7. The molecule has 1 amide bonds. The topological polar surface area (TPSA) is 251 Å². The molecule has 0 saturated carbocycles. The summed E-state index contributed by atoms with van der Waals surface area (Å²) in [5.74, 6) is -1.17. The van der Waals surface area contributed by atoms with Crippen molar-refractivity contribution in [2.24, 2.45) is 51.6 Å². The van der Waals surface area contributed by atoms with Gasteiger partial charge in [-0.2, -0.15) is 0 Å². The first-order chi connectivity index (χ1) is 8.30. The Bertz CT molecular complexity index is 478. The molecule has 108 valence electrons. The Hall–Kier alpha value is -1.53. The molecule has 0 saturated heterocycles.